The molecular weight excluding hydrogens is 442 g/mol. The van der Waals surface area contributed by atoms with E-state index in [0.717, 1.165) is 19.3 Å². The Balaban J connectivity index is 1.31. The van der Waals surface area contributed by atoms with E-state index in [4.69, 9.17) is 4.74 Å². The summed E-state index contributed by atoms with van der Waals surface area (Å²) in [6, 6.07) is 6.72. The molecular formula is C24H31N3O5S. The fourth-order valence-electron chi connectivity index (χ4n) is 4.62. The second-order valence-corrected chi connectivity index (χ2v) is 10.5. The third-order valence-electron chi connectivity index (χ3n) is 6.46. The lowest BCUT2D eigenvalue weighted by Crippen LogP contribution is -2.44. The fourth-order valence-corrected chi connectivity index (χ4v) is 5.85. The Morgan fingerprint density at radius 1 is 1.24 bits per heavy atom. The molecule has 2 heterocycles. The maximum atomic E-state index is 12.8. The Hall–Kier alpha value is -2.68. The van der Waals surface area contributed by atoms with E-state index in [1.54, 1.807) is 31.2 Å². The normalized spacial score (nSPS) is 22.6. The number of benzene rings is 1. The van der Waals surface area contributed by atoms with E-state index in [1.165, 1.54) is 18.4 Å². The summed E-state index contributed by atoms with van der Waals surface area (Å²) in [5, 5.41) is 2.86. The first-order valence-corrected chi connectivity index (χ1v) is 13.1. The van der Waals surface area contributed by atoms with Crippen LogP contribution in [0.3, 0.4) is 0 Å². The summed E-state index contributed by atoms with van der Waals surface area (Å²) in [5.41, 5.74) is 1.94. The van der Waals surface area contributed by atoms with Crippen LogP contribution in [0, 0.1) is 5.92 Å². The van der Waals surface area contributed by atoms with E-state index in [-0.39, 0.29) is 10.8 Å². The number of ether oxygens (including phenoxy) is 1. The number of fused-ring (bicyclic) bond motifs is 1. The smallest absolute Gasteiger partial charge is 0.311 e. The zero-order valence-corrected chi connectivity index (χ0v) is 19.8. The molecule has 0 unspecified atom stereocenters. The lowest BCUT2D eigenvalue weighted by atomic mass is 9.97. The zero-order chi connectivity index (χ0) is 23.4. The highest BCUT2D eigenvalue weighted by Gasteiger charge is 2.36. The summed E-state index contributed by atoms with van der Waals surface area (Å²) in [6.07, 6.45) is 8.18. The lowest BCUT2D eigenvalue weighted by Gasteiger charge is -2.33. The molecule has 9 heteroatoms. The molecule has 1 saturated heterocycles. The summed E-state index contributed by atoms with van der Waals surface area (Å²) in [5.74, 6) is -0.801. The molecule has 1 aliphatic carbocycles. The van der Waals surface area contributed by atoms with E-state index >= 15 is 0 Å². The number of rotatable bonds is 6. The Kier molecular flexibility index (Phi) is 7.17. The van der Waals surface area contributed by atoms with E-state index in [1.807, 2.05) is 4.90 Å². The van der Waals surface area contributed by atoms with Gasteiger partial charge >= 0.3 is 5.97 Å². The van der Waals surface area contributed by atoms with Crippen molar-refractivity contribution in [3.05, 3.63) is 41.5 Å². The van der Waals surface area contributed by atoms with Gasteiger partial charge in [0.1, 0.15) is 4.90 Å². The van der Waals surface area contributed by atoms with Gasteiger partial charge in [0.15, 0.2) is 11.9 Å². The molecule has 2 atom stereocenters. The highest BCUT2D eigenvalue weighted by atomic mass is 32.2. The van der Waals surface area contributed by atoms with E-state index in [0.29, 0.717) is 43.9 Å². The van der Waals surface area contributed by atoms with Crippen LogP contribution in [0.4, 0.5) is 0 Å². The monoisotopic (exact) mass is 473 g/mol. The Bertz CT molecular complexity index is 1080. The standard InChI is InChI=1S/C24H31N3O5S/c1-17(23(28)25-14-13-18-8-3-2-4-9-18)32-24(29)19-10-7-15-27(16-19)22-20-11-5-6-12-21(20)33(30,31)26-22/h5-6,8,11-12,17,19H,2-4,7,9-10,13-16H2,1H3,(H,25,28)/t17-,19-/m0/s1. The number of hydrogen-bond donors (Lipinski definition) is 1. The number of carbonyl (C=O) groups excluding carboxylic acids is 2. The number of hydrogen-bond acceptors (Lipinski definition) is 6. The van der Waals surface area contributed by atoms with Gasteiger partial charge in [-0.15, -0.1) is 4.40 Å². The number of carbonyl (C=O) groups is 2. The number of amides is 1. The fraction of sp³-hybridized carbons (Fsp3) is 0.542. The number of esters is 1. The number of piperidine rings is 1. The maximum Gasteiger partial charge on any atom is 0.311 e. The van der Waals surface area contributed by atoms with Crippen molar-refractivity contribution < 1.29 is 22.7 Å². The van der Waals surface area contributed by atoms with Gasteiger partial charge in [-0.2, -0.15) is 8.42 Å². The van der Waals surface area contributed by atoms with Crippen LogP contribution in [0.15, 0.2) is 45.2 Å². The van der Waals surface area contributed by atoms with Crippen molar-refractivity contribution in [3.63, 3.8) is 0 Å². The number of nitrogens with one attached hydrogen (secondary N) is 1. The topological polar surface area (TPSA) is 105 Å². The number of sulfonamides is 1. The molecule has 0 bridgehead atoms. The van der Waals surface area contributed by atoms with Crippen LogP contribution in [-0.4, -0.2) is 56.8 Å². The summed E-state index contributed by atoms with van der Waals surface area (Å²) < 4.78 is 34.2. The number of amidine groups is 1. The van der Waals surface area contributed by atoms with E-state index in [2.05, 4.69) is 15.8 Å². The molecule has 178 valence electrons. The largest absolute Gasteiger partial charge is 0.452 e. The van der Waals surface area contributed by atoms with Gasteiger partial charge in [-0.05, 0) is 64.0 Å². The molecule has 1 aromatic rings. The third-order valence-corrected chi connectivity index (χ3v) is 7.78. The third kappa shape index (κ3) is 5.46. The highest BCUT2D eigenvalue weighted by Crippen LogP contribution is 2.30. The first kappa shape index (κ1) is 23.5. The van der Waals surface area contributed by atoms with Gasteiger partial charge < -0.3 is 15.0 Å². The van der Waals surface area contributed by atoms with Crippen molar-refractivity contribution in [2.75, 3.05) is 19.6 Å². The maximum absolute atomic E-state index is 12.8. The zero-order valence-electron chi connectivity index (χ0n) is 19.0. The lowest BCUT2D eigenvalue weighted by molar-refractivity contribution is -0.159. The molecule has 2 aliphatic heterocycles. The van der Waals surface area contributed by atoms with Gasteiger partial charge in [0, 0.05) is 25.2 Å². The summed E-state index contributed by atoms with van der Waals surface area (Å²) in [6.45, 7) is 3.04. The van der Waals surface area contributed by atoms with Gasteiger partial charge in [0.25, 0.3) is 15.9 Å². The second kappa shape index (κ2) is 10.1. The van der Waals surface area contributed by atoms with Gasteiger partial charge in [-0.25, -0.2) is 0 Å². The molecule has 0 spiro atoms. The van der Waals surface area contributed by atoms with Crippen molar-refractivity contribution in [1.29, 1.82) is 0 Å². The van der Waals surface area contributed by atoms with Crippen LogP contribution in [0.2, 0.25) is 0 Å². The van der Waals surface area contributed by atoms with Crippen LogP contribution in [-0.2, 0) is 24.3 Å². The molecule has 1 fully saturated rings. The predicted octanol–water partition coefficient (Wildman–Crippen LogP) is 2.79. The van der Waals surface area contributed by atoms with Gasteiger partial charge in [0.05, 0.1) is 5.92 Å². The minimum Gasteiger partial charge on any atom is -0.452 e. The van der Waals surface area contributed by atoms with Crippen molar-refractivity contribution in [1.82, 2.24) is 10.2 Å². The quantitative estimate of drug-likeness (QED) is 0.503. The molecule has 0 radical (unpaired) electrons. The van der Waals surface area contributed by atoms with Crippen LogP contribution in [0.1, 0.15) is 57.4 Å². The second-order valence-electron chi connectivity index (χ2n) is 8.90. The van der Waals surface area contributed by atoms with Crippen molar-refractivity contribution in [2.45, 2.75) is 62.9 Å². The average molecular weight is 474 g/mol. The van der Waals surface area contributed by atoms with E-state index < -0.39 is 28.0 Å². The minimum absolute atomic E-state index is 0.194. The van der Waals surface area contributed by atoms with Crippen LogP contribution >= 0.6 is 0 Å². The molecule has 1 N–H and O–H groups in total. The number of likely N-dealkylation sites (tertiary alicyclic amines) is 1. The number of allylic oxidation sites excluding steroid dienone is 1. The van der Waals surface area contributed by atoms with Crippen LogP contribution < -0.4 is 5.32 Å². The molecule has 8 nitrogen and oxygen atoms in total. The van der Waals surface area contributed by atoms with Crippen molar-refractivity contribution >= 4 is 27.7 Å². The molecule has 1 aromatic carbocycles. The molecule has 0 aromatic heterocycles. The molecule has 33 heavy (non-hydrogen) atoms. The molecule has 3 aliphatic rings. The highest BCUT2D eigenvalue weighted by molar-refractivity contribution is 7.90. The van der Waals surface area contributed by atoms with Gasteiger partial charge in [-0.1, -0.05) is 23.8 Å². The summed E-state index contributed by atoms with van der Waals surface area (Å²) in [7, 11) is -3.72. The molecule has 0 saturated carbocycles. The minimum atomic E-state index is -3.72. The van der Waals surface area contributed by atoms with Crippen LogP contribution in [0.5, 0.6) is 0 Å². The SMILES string of the molecule is C[C@H](OC(=O)[C@H]1CCCN(C2=NS(=O)(=O)c3ccccc32)C1)C(=O)NCCC1=CCCCC1. The number of nitrogens with zero attached hydrogens (tertiary/aromatic N) is 2. The summed E-state index contributed by atoms with van der Waals surface area (Å²) >= 11 is 0. The van der Waals surface area contributed by atoms with Gasteiger partial charge in [0.2, 0.25) is 0 Å². The van der Waals surface area contributed by atoms with Crippen LogP contribution in [0.25, 0.3) is 0 Å². The van der Waals surface area contributed by atoms with Crippen molar-refractivity contribution in [3.8, 4) is 0 Å². The first-order valence-electron chi connectivity index (χ1n) is 11.7. The van der Waals surface area contributed by atoms with Gasteiger partial charge in [-0.3, -0.25) is 9.59 Å². The predicted molar refractivity (Wildman–Crippen MR) is 124 cm³/mol. The Morgan fingerprint density at radius 2 is 2.06 bits per heavy atom. The Morgan fingerprint density at radius 3 is 2.85 bits per heavy atom. The average Bonchev–Trinajstić information content (AvgIpc) is 3.11. The van der Waals surface area contributed by atoms with Crippen molar-refractivity contribution in [2.24, 2.45) is 10.3 Å². The summed E-state index contributed by atoms with van der Waals surface area (Å²) in [4.78, 5) is 27.2. The van der Waals surface area contributed by atoms with E-state index in [9.17, 15) is 18.0 Å². The first-order chi connectivity index (χ1) is 15.8. The molecule has 4 rings (SSSR count). The molecule has 1 amide bonds. The Labute approximate surface area is 195 Å².